The summed E-state index contributed by atoms with van der Waals surface area (Å²) in [5.41, 5.74) is 1.75. The van der Waals surface area contributed by atoms with E-state index in [-0.39, 0.29) is 0 Å². The number of fused-ring (bicyclic) bond motifs is 1. The molecule has 0 bridgehead atoms. The number of hydrogen-bond acceptors (Lipinski definition) is 3. The molecule has 3 aromatic rings. The van der Waals surface area contributed by atoms with Gasteiger partial charge in [-0.15, -0.1) is 5.10 Å². The molecule has 0 aliphatic heterocycles. The van der Waals surface area contributed by atoms with Crippen molar-refractivity contribution in [3.8, 4) is 11.3 Å². The smallest absolute Gasteiger partial charge is 0.213 e. The molecule has 1 aromatic carbocycles. The van der Waals surface area contributed by atoms with Crippen molar-refractivity contribution in [2.75, 3.05) is 0 Å². The molecule has 2 heterocycles. The lowest BCUT2D eigenvalue weighted by molar-refractivity contribution is 0.959. The molecule has 0 saturated carbocycles. The van der Waals surface area contributed by atoms with Crippen LogP contribution in [0.15, 0.2) is 28.3 Å². The predicted molar refractivity (Wildman–Crippen MR) is 74.0 cm³/mol. The van der Waals surface area contributed by atoms with Gasteiger partial charge in [-0.3, -0.25) is 0 Å². The average molecular weight is 349 g/mol. The fourth-order valence-electron chi connectivity index (χ4n) is 1.47. The summed E-state index contributed by atoms with van der Waals surface area (Å²) in [5, 5.41) is 5.29. The van der Waals surface area contributed by atoms with E-state index >= 15 is 0 Å². The third-order valence-corrected chi connectivity index (χ3v) is 4.33. The first-order valence-electron chi connectivity index (χ1n) is 4.60. The van der Waals surface area contributed by atoms with Gasteiger partial charge in [0.05, 0.1) is 21.9 Å². The maximum Gasteiger partial charge on any atom is 0.213 e. The first-order chi connectivity index (χ1) is 8.13. The van der Waals surface area contributed by atoms with E-state index in [1.807, 2.05) is 12.3 Å². The van der Waals surface area contributed by atoms with Gasteiger partial charge in [-0.05, 0) is 28.1 Å². The van der Waals surface area contributed by atoms with E-state index in [0.717, 1.165) is 20.1 Å². The largest absolute Gasteiger partial charge is 0.217 e. The Morgan fingerprint density at radius 2 is 2.06 bits per heavy atom. The highest BCUT2D eigenvalue weighted by Crippen LogP contribution is 2.29. The summed E-state index contributed by atoms with van der Waals surface area (Å²) in [6, 6.07) is 5.44. The summed E-state index contributed by atoms with van der Waals surface area (Å²) in [6.45, 7) is 0. The molecule has 0 aliphatic rings. The number of aromatic nitrogens is 3. The van der Waals surface area contributed by atoms with Gasteiger partial charge in [0.1, 0.15) is 0 Å². The molecule has 0 atom stereocenters. The number of halogens is 3. The lowest BCUT2D eigenvalue weighted by Gasteiger charge is -1.98. The van der Waals surface area contributed by atoms with Crippen molar-refractivity contribution < 1.29 is 0 Å². The van der Waals surface area contributed by atoms with Crippen molar-refractivity contribution in [2.24, 2.45) is 0 Å². The van der Waals surface area contributed by atoms with Crippen LogP contribution in [0.3, 0.4) is 0 Å². The molecule has 0 saturated heterocycles. The van der Waals surface area contributed by atoms with Crippen molar-refractivity contribution in [1.29, 1.82) is 0 Å². The Hall–Kier alpha value is -0.620. The van der Waals surface area contributed by atoms with Crippen molar-refractivity contribution in [1.82, 2.24) is 14.6 Å². The van der Waals surface area contributed by atoms with Crippen LogP contribution in [0.25, 0.3) is 16.2 Å². The van der Waals surface area contributed by atoms with Gasteiger partial charge in [-0.2, -0.15) is 0 Å². The molecule has 0 aliphatic carbocycles. The summed E-state index contributed by atoms with van der Waals surface area (Å²) in [4.78, 5) is 5.29. The summed E-state index contributed by atoms with van der Waals surface area (Å²) < 4.78 is 2.53. The van der Waals surface area contributed by atoms with Crippen molar-refractivity contribution >= 4 is 55.4 Å². The molecule has 86 valence electrons. The lowest BCUT2D eigenvalue weighted by atomic mass is 10.2. The lowest BCUT2D eigenvalue weighted by Crippen LogP contribution is -1.79. The summed E-state index contributed by atoms with van der Waals surface area (Å²) in [7, 11) is 0. The van der Waals surface area contributed by atoms with E-state index in [1.165, 1.54) is 11.3 Å². The van der Waals surface area contributed by atoms with Crippen molar-refractivity contribution in [3.05, 3.63) is 38.4 Å². The minimum Gasteiger partial charge on any atom is -0.217 e. The Balaban J connectivity index is 2.13. The van der Waals surface area contributed by atoms with Gasteiger partial charge < -0.3 is 0 Å². The second kappa shape index (κ2) is 4.24. The van der Waals surface area contributed by atoms with Gasteiger partial charge in [-0.1, -0.05) is 40.6 Å². The topological polar surface area (TPSA) is 30.2 Å². The third kappa shape index (κ3) is 2.08. The van der Waals surface area contributed by atoms with Crippen molar-refractivity contribution in [3.63, 3.8) is 0 Å². The molecule has 2 aromatic heterocycles. The first kappa shape index (κ1) is 11.5. The quantitative estimate of drug-likeness (QED) is 0.646. The summed E-state index contributed by atoms with van der Waals surface area (Å²) in [6.07, 6.45) is 1.86. The fraction of sp³-hybridized carbons (Fsp3) is 0. The SMILES string of the molecule is Clc1ccc(-c2cn3nc(Br)sc3n2)cc1Cl. The van der Waals surface area contributed by atoms with Crippen LogP contribution >= 0.6 is 50.5 Å². The number of imidazole rings is 1. The first-order valence-corrected chi connectivity index (χ1v) is 6.97. The number of nitrogens with zero attached hydrogens (tertiary/aromatic N) is 3. The molecule has 0 fully saturated rings. The van der Waals surface area contributed by atoms with E-state index in [9.17, 15) is 0 Å². The zero-order valence-corrected chi connectivity index (χ0v) is 12.1. The standard InChI is InChI=1S/C10H4BrCl2N3S/c11-9-15-16-4-8(14-10(16)17-9)5-1-2-6(12)7(13)3-5/h1-4H. The molecule has 3 nitrogen and oxygen atoms in total. The third-order valence-electron chi connectivity index (χ3n) is 2.23. The monoisotopic (exact) mass is 347 g/mol. The van der Waals surface area contributed by atoms with Crippen LogP contribution in [-0.4, -0.2) is 14.6 Å². The second-order valence-corrected chi connectivity index (χ2v) is 6.38. The van der Waals surface area contributed by atoms with Gasteiger partial charge in [-0.25, -0.2) is 9.50 Å². The fourth-order valence-corrected chi connectivity index (χ4v) is 2.98. The minimum absolute atomic E-state index is 0.523. The predicted octanol–water partition coefficient (Wildman–Crippen LogP) is 4.53. The molecular weight excluding hydrogens is 345 g/mol. The normalized spacial score (nSPS) is 11.2. The van der Waals surface area contributed by atoms with Gasteiger partial charge in [0, 0.05) is 5.56 Å². The maximum atomic E-state index is 5.97. The van der Waals surface area contributed by atoms with E-state index < -0.39 is 0 Å². The van der Waals surface area contributed by atoms with Crippen LogP contribution in [0.2, 0.25) is 10.0 Å². The Bertz CT molecular complexity index is 675. The molecular formula is C10H4BrCl2N3S. The van der Waals surface area contributed by atoms with E-state index in [4.69, 9.17) is 23.2 Å². The highest BCUT2D eigenvalue weighted by Gasteiger charge is 2.09. The van der Waals surface area contributed by atoms with Gasteiger partial charge in [0.2, 0.25) is 4.96 Å². The van der Waals surface area contributed by atoms with E-state index in [0.29, 0.717) is 10.0 Å². The number of benzene rings is 1. The van der Waals surface area contributed by atoms with Crippen molar-refractivity contribution in [2.45, 2.75) is 0 Å². The molecule has 0 radical (unpaired) electrons. The Kier molecular flexibility index (Phi) is 2.86. The molecule has 0 unspecified atom stereocenters. The van der Waals surface area contributed by atoms with E-state index in [2.05, 4.69) is 26.0 Å². The second-order valence-electron chi connectivity index (χ2n) is 3.34. The highest BCUT2D eigenvalue weighted by molar-refractivity contribution is 9.11. The van der Waals surface area contributed by atoms with Crippen LogP contribution in [0.5, 0.6) is 0 Å². The molecule has 0 amide bonds. The van der Waals surface area contributed by atoms with Gasteiger partial charge in [0.25, 0.3) is 0 Å². The zero-order chi connectivity index (χ0) is 12.0. The summed E-state index contributed by atoms with van der Waals surface area (Å²) in [5.74, 6) is 0. The molecule has 0 spiro atoms. The Labute approximate surface area is 119 Å². The summed E-state index contributed by atoms with van der Waals surface area (Å²) >= 11 is 16.6. The molecule has 7 heteroatoms. The van der Waals surface area contributed by atoms with Crippen LogP contribution < -0.4 is 0 Å². The van der Waals surface area contributed by atoms with Crippen LogP contribution in [0, 0.1) is 0 Å². The Morgan fingerprint density at radius 1 is 1.24 bits per heavy atom. The van der Waals surface area contributed by atoms with Crippen LogP contribution in [-0.2, 0) is 0 Å². The molecule has 17 heavy (non-hydrogen) atoms. The van der Waals surface area contributed by atoms with Crippen LogP contribution in [0.4, 0.5) is 0 Å². The van der Waals surface area contributed by atoms with E-state index in [1.54, 1.807) is 16.6 Å². The van der Waals surface area contributed by atoms with Crippen LogP contribution in [0.1, 0.15) is 0 Å². The zero-order valence-electron chi connectivity index (χ0n) is 8.19. The minimum atomic E-state index is 0.523. The average Bonchev–Trinajstić information content (AvgIpc) is 2.79. The van der Waals surface area contributed by atoms with Gasteiger partial charge in [0.15, 0.2) is 3.92 Å². The maximum absolute atomic E-state index is 5.97. The Morgan fingerprint density at radius 3 is 2.76 bits per heavy atom. The molecule has 3 rings (SSSR count). The van der Waals surface area contributed by atoms with Gasteiger partial charge >= 0.3 is 0 Å². The molecule has 0 N–H and O–H groups in total. The number of hydrogen-bond donors (Lipinski definition) is 0. The highest BCUT2D eigenvalue weighted by atomic mass is 79.9. The number of rotatable bonds is 1.